The number of nitrogens with zero attached hydrogens (tertiary/aromatic N) is 2. The van der Waals surface area contributed by atoms with Gasteiger partial charge < -0.3 is 10.2 Å². The first kappa shape index (κ1) is 28.9. The average Bonchev–Trinajstić information content (AvgIpc) is 2.82. The van der Waals surface area contributed by atoms with Gasteiger partial charge in [-0.3, -0.25) is 13.9 Å². The number of amides is 2. The van der Waals surface area contributed by atoms with E-state index in [4.69, 9.17) is 23.2 Å². The van der Waals surface area contributed by atoms with E-state index in [1.54, 1.807) is 0 Å². The van der Waals surface area contributed by atoms with Crippen LogP contribution >= 0.6 is 23.2 Å². The summed E-state index contributed by atoms with van der Waals surface area (Å²) < 4.78 is 26.2. The van der Waals surface area contributed by atoms with Crippen LogP contribution < -0.4 is 9.62 Å². The van der Waals surface area contributed by atoms with Crippen molar-refractivity contribution in [2.75, 3.05) is 30.2 Å². The second-order valence-electron chi connectivity index (χ2n) is 8.26. The largest absolute Gasteiger partial charge is 0.354 e. The molecule has 2 amide bonds. The molecule has 2 aromatic rings. The Bertz CT molecular complexity index is 1100. The van der Waals surface area contributed by atoms with Crippen LogP contribution in [-0.4, -0.2) is 57.1 Å². The van der Waals surface area contributed by atoms with Gasteiger partial charge in [-0.15, -0.1) is 0 Å². The molecule has 2 rings (SSSR count). The molecule has 0 heterocycles. The van der Waals surface area contributed by atoms with E-state index in [1.807, 2.05) is 44.2 Å². The van der Waals surface area contributed by atoms with E-state index in [1.165, 1.54) is 23.1 Å². The number of nitrogens with one attached hydrogen (secondary N) is 1. The van der Waals surface area contributed by atoms with Crippen LogP contribution in [0, 0.1) is 0 Å². The summed E-state index contributed by atoms with van der Waals surface area (Å²) in [6, 6.07) is 13.3. The molecular weight excluding hydrogens is 509 g/mol. The zero-order valence-corrected chi connectivity index (χ0v) is 22.7. The van der Waals surface area contributed by atoms with E-state index in [0.29, 0.717) is 19.4 Å². The summed E-state index contributed by atoms with van der Waals surface area (Å²) in [5.74, 6) is -0.724. The molecule has 35 heavy (non-hydrogen) atoms. The molecule has 0 aromatic heterocycles. The van der Waals surface area contributed by atoms with Crippen LogP contribution in [0.25, 0.3) is 0 Å². The predicted octanol–water partition coefficient (Wildman–Crippen LogP) is 4.53. The summed E-state index contributed by atoms with van der Waals surface area (Å²) in [6.07, 6.45) is 3.70. The number of anilines is 1. The number of hydrogen-bond donors (Lipinski definition) is 1. The van der Waals surface area contributed by atoms with Gasteiger partial charge in [0.15, 0.2) is 0 Å². The molecule has 0 aliphatic heterocycles. The molecule has 0 aliphatic carbocycles. The van der Waals surface area contributed by atoms with Crippen LogP contribution in [0.15, 0.2) is 48.5 Å². The topological polar surface area (TPSA) is 86.8 Å². The molecule has 7 nitrogen and oxygen atoms in total. The van der Waals surface area contributed by atoms with Crippen LogP contribution in [0.1, 0.15) is 38.7 Å². The maximum Gasteiger partial charge on any atom is 0.244 e. The molecule has 10 heteroatoms. The highest BCUT2D eigenvalue weighted by Gasteiger charge is 2.31. The number of hydrogen-bond acceptors (Lipinski definition) is 4. The summed E-state index contributed by atoms with van der Waals surface area (Å²) >= 11 is 12.1. The van der Waals surface area contributed by atoms with Crippen LogP contribution in [0.3, 0.4) is 0 Å². The SMILES string of the molecule is CCCCNC(=O)[C@@H](CC)N(CCc1ccccc1)C(=O)CN(c1ccc(Cl)c(Cl)c1)S(C)(=O)=O. The van der Waals surface area contributed by atoms with Crippen molar-refractivity contribution < 1.29 is 18.0 Å². The van der Waals surface area contributed by atoms with Crippen molar-refractivity contribution in [2.24, 2.45) is 0 Å². The Morgan fingerprint density at radius 2 is 1.71 bits per heavy atom. The van der Waals surface area contributed by atoms with Crippen molar-refractivity contribution in [2.45, 2.75) is 45.6 Å². The summed E-state index contributed by atoms with van der Waals surface area (Å²) in [5, 5.41) is 3.35. The number of benzene rings is 2. The Labute approximate surface area is 218 Å². The smallest absolute Gasteiger partial charge is 0.244 e. The summed E-state index contributed by atoms with van der Waals surface area (Å²) in [6.45, 7) is 4.18. The van der Waals surface area contributed by atoms with Gasteiger partial charge in [0.05, 0.1) is 22.0 Å². The van der Waals surface area contributed by atoms with Gasteiger partial charge in [0.25, 0.3) is 0 Å². The maximum absolute atomic E-state index is 13.6. The van der Waals surface area contributed by atoms with Gasteiger partial charge in [0.2, 0.25) is 21.8 Å². The number of rotatable bonds is 13. The summed E-state index contributed by atoms with van der Waals surface area (Å²) in [5.41, 5.74) is 1.23. The number of carbonyl (C=O) groups excluding carboxylic acids is 2. The van der Waals surface area contributed by atoms with Gasteiger partial charge in [-0.1, -0.05) is 73.8 Å². The van der Waals surface area contributed by atoms with E-state index in [9.17, 15) is 18.0 Å². The first-order valence-corrected chi connectivity index (χ1v) is 14.2. The van der Waals surface area contributed by atoms with Crippen molar-refractivity contribution in [3.05, 3.63) is 64.1 Å². The first-order chi connectivity index (χ1) is 16.6. The lowest BCUT2D eigenvalue weighted by Gasteiger charge is -2.33. The second kappa shape index (κ2) is 13.7. The van der Waals surface area contributed by atoms with E-state index in [0.717, 1.165) is 29.0 Å². The second-order valence-corrected chi connectivity index (χ2v) is 11.0. The van der Waals surface area contributed by atoms with Crippen molar-refractivity contribution in [3.63, 3.8) is 0 Å². The third-order valence-electron chi connectivity index (χ3n) is 5.57. The molecule has 1 atom stereocenters. The molecule has 0 radical (unpaired) electrons. The monoisotopic (exact) mass is 541 g/mol. The lowest BCUT2D eigenvalue weighted by atomic mass is 10.1. The van der Waals surface area contributed by atoms with E-state index in [2.05, 4.69) is 5.32 Å². The number of halogens is 2. The van der Waals surface area contributed by atoms with Gasteiger partial charge >= 0.3 is 0 Å². The maximum atomic E-state index is 13.6. The standard InChI is InChI=1S/C25H33Cl2N3O4S/c1-4-6-15-28-25(32)23(5-2)29(16-14-19-10-8-7-9-11-19)24(31)18-30(35(3,33)34)20-12-13-21(26)22(27)17-20/h7-13,17,23H,4-6,14-16,18H2,1-3H3,(H,28,32)/t23-/m1/s1. The first-order valence-electron chi connectivity index (χ1n) is 11.6. The van der Waals surface area contributed by atoms with E-state index in [-0.39, 0.29) is 28.2 Å². The van der Waals surface area contributed by atoms with Crippen molar-refractivity contribution in [1.82, 2.24) is 10.2 Å². The highest BCUT2D eigenvalue weighted by atomic mass is 35.5. The van der Waals surface area contributed by atoms with Crippen LogP contribution in [-0.2, 0) is 26.0 Å². The lowest BCUT2D eigenvalue weighted by molar-refractivity contribution is -0.139. The minimum Gasteiger partial charge on any atom is -0.354 e. The van der Waals surface area contributed by atoms with Gasteiger partial charge in [0.1, 0.15) is 12.6 Å². The molecule has 0 unspecified atom stereocenters. The fraction of sp³-hybridized carbons (Fsp3) is 0.440. The molecule has 0 saturated carbocycles. The van der Waals surface area contributed by atoms with Crippen LogP contribution in [0.2, 0.25) is 10.0 Å². The Balaban J connectivity index is 2.34. The predicted molar refractivity (Wildman–Crippen MR) is 143 cm³/mol. The molecule has 0 fully saturated rings. The van der Waals surface area contributed by atoms with E-state index < -0.39 is 28.5 Å². The fourth-order valence-corrected chi connectivity index (χ4v) is 4.79. The molecule has 0 saturated heterocycles. The Morgan fingerprint density at radius 1 is 1.03 bits per heavy atom. The third kappa shape index (κ3) is 8.70. The Kier molecular flexibility index (Phi) is 11.3. The third-order valence-corrected chi connectivity index (χ3v) is 7.45. The fourth-order valence-electron chi connectivity index (χ4n) is 3.66. The number of unbranched alkanes of at least 4 members (excludes halogenated alkanes) is 1. The van der Waals surface area contributed by atoms with Gasteiger partial charge in [-0.25, -0.2) is 8.42 Å². The molecular formula is C25H33Cl2N3O4S. The van der Waals surface area contributed by atoms with Crippen molar-refractivity contribution in [1.29, 1.82) is 0 Å². The normalized spacial score (nSPS) is 12.1. The minimum atomic E-state index is -3.83. The lowest BCUT2D eigenvalue weighted by Crippen LogP contribution is -2.53. The quantitative estimate of drug-likeness (QED) is 0.377. The van der Waals surface area contributed by atoms with Crippen LogP contribution in [0.4, 0.5) is 5.69 Å². The molecule has 192 valence electrons. The van der Waals surface area contributed by atoms with E-state index >= 15 is 0 Å². The Morgan fingerprint density at radius 3 is 2.29 bits per heavy atom. The number of carbonyl (C=O) groups is 2. The van der Waals surface area contributed by atoms with Gasteiger partial charge in [-0.05, 0) is 43.0 Å². The zero-order valence-electron chi connectivity index (χ0n) is 20.3. The van der Waals surface area contributed by atoms with Crippen LogP contribution in [0.5, 0.6) is 0 Å². The van der Waals surface area contributed by atoms with Gasteiger partial charge in [0, 0.05) is 13.1 Å². The summed E-state index contributed by atoms with van der Waals surface area (Å²) in [7, 11) is -3.83. The highest BCUT2D eigenvalue weighted by Crippen LogP contribution is 2.28. The van der Waals surface area contributed by atoms with Gasteiger partial charge in [-0.2, -0.15) is 0 Å². The molecule has 2 aromatic carbocycles. The van der Waals surface area contributed by atoms with Crippen molar-refractivity contribution in [3.8, 4) is 0 Å². The number of sulfonamides is 1. The molecule has 1 N–H and O–H groups in total. The Hall–Kier alpha value is -2.29. The highest BCUT2D eigenvalue weighted by molar-refractivity contribution is 7.92. The average molecular weight is 543 g/mol. The molecule has 0 bridgehead atoms. The molecule has 0 aliphatic rings. The minimum absolute atomic E-state index is 0.174. The summed E-state index contributed by atoms with van der Waals surface area (Å²) in [4.78, 5) is 28.0. The molecule has 0 spiro atoms. The zero-order chi connectivity index (χ0) is 26.0. The van der Waals surface area contributed by atoms with Crippen molar-refractivity contribution >= 4 is 50.7 Å².